The molecule has 0 aromatic carbocycles. The summed E-state index contributed by atoms with van der Waals surface area (Å²) in [5, 5.41) is 0. The molecule has 1 fully saturated rings. The first-order chi connectivity index (χ1) is 12.8. The lowest BCUT2D eigenvalue weighted by atomic mass is 10.2. The van der Waals surface area contributed by atoms with Crippen molar-refractivity contribution < 1.29 is 0 Å². The Hall–Kier alpha value is -2.48. The zero-order valence-electron chi connectivity index (χ0n) is 16.8. The van der Waals surface area contributed by atoms with Crippen LogP contribution >= 0.6 is 0 Å². The summed E-state index contributed by atoms with van der Waals surface area (Å²) in [6, 6.07) is 3.59. The van der Waals surface area contributed by atoms with Gasteiger partial charge in [-0.3, -0.25) is 18.8 Å². The van der Waals surface area contributed by atoms with Crippen LogP contribution in [0.4, 0.5) is 5.82 Å². The molecule has 0 aliphatic carbocycles. The predicted octanol–water partition coefficient (Wildman–Crippen LogP) is 0.628. The Bertz CT molecular complexity index is 938. The maximum Gasteiger partial charge on any atom is 0.330 e. The van der Waals surface area contributed by atoms with Crippen LogP contribution in [-0.2, 0) is 20.6 Å². The molecule has 3 rings (SSSR count). The maximum atomic E-state index is 12.1. The molecule has 8 nitrogen and oxygen atoms in total. The van der Waals surface area contributed by atoms with Gasteiger partial charge >= 0.3 is 5.69 Å². The van der Waals surface area contributed by atoms with Crippen LogP contribution in [0.3, 0.4) is 0 Å². The van der Waals surface area contributed by atoms with E-state index in [9.17, 15) is 9.59 Å². The molecular weight excluding hydrogens is 344 g/mol. The summed E-state index contributed by atoms with van der Waals surface area (Å²) in [4.78, 5) is 37.8. The number of hydrogen-bond donors (Lipinski definition) is 0. The average Bonchev–Trinajstić information content (AvgIpc) is 2.64. The fourth-order valence-electron chi connectivity index (χ4n) is 3.29. The third-order valence-corrected chi connectivity index (χ3v) is 5.08. The summed E-state index contributed by atoms with van der Waals surface area (Å²) in [6.07, 6.45) is 0. The Morgan fingerprint density at radius 3 is 2.30 bits per heavy atom. The normalized spacial score (nSPS) is 15.6. The van der Waals surface area contributed by atoms with E-state index in [0.29, 0.717) is 12.5 Å². The fraction of sp³-hybridized carbons (Fsp3) is 0.579. The highest BCUT2D eigenvalue weighted by Gasteiger charge is 2.20. The second kappa shape index (κ2) is 7.64. The molecule has 0 spiro atoms. The number of aromatic nitrogens is 4. The molecule has 146 valence electrons. The van der Waals surface area contributed by atoms with E-state index in [1.807, 2.05) is 13.0 Å². The van der Waals surface area contributed by atoms with E-state index in [1.54, 1.807) is 17.7 Å². The van der Waals surface area contributed by atoms with Crippen molar-refractivity contribution in [2.24, 2.45) is 14.1 Å². The van der Waals surface area contributed by atoms with Gasteiger partial charge in [0.15, 0.2) is 0 Å². The van der Waals surface area contributed by atoms with E-state index in [0.717, 1.165) is 53.8 Å². The third kappa shape index (κ3) is 4.10. The van der Waals surface area contributed by atoms with Gasteiger partial charge in [-0.25, -0.2) is 14.8 Å². The molecule has 0 N–H and O–H groups in total. The molecule has 1 saturated heterocycles. The molecule has 2 aromatic rings. The van der Waals surface area contributed by atoms with Crippen LogP contribution in [-0.4, -0.2) is 50.2 Å². The predicted molar refractivity (Wildman–Crippen MR) is 105 cm³/mol. The van der Waals surface area contributed by atoms with E-state index in [-0.39, 0.29) is 11.2 Å². The number of anilines is 1. The van der Waals surface area contributed by atoms with Crippen molar-refractivity contribution in [1.29, 1.82) is 0 Å². The topological polar surface area (TPSA) is 76.3 Å². The van der Waals surface area contributed by atoms with E-state index in [2.05, 4.69) is 28.6 Å². The summed E-state index contributed by atoms with van der Waals surface area (Å²) in [5.74, 6) is 2.15. The van der Waals surface area contributed by atoms with Crippen LogP contribution in [0.2, 0.25) is 0 Å². The Kier molecular flexibility index (Phi) is 5.46. The summed E-state index contributed by atoms with van der Waals surface area (Å²) in [7, 11) is 3.22. The standard InChI is InChI=1S/C19H28N6O2/c1-13(2)18-20-14(3)10-16(21-18)25-8-6-24(7-9-25)12-15-11-17(26)23(5)19(27)22(15)4/h10-11,13H,6-9,12H2,1-5H3. The van der Waals surface area contributed by atoms with Crippen LogP contribution in [0.1, 0.15) is 37.0 Å². The van der Waals surface area contributed by atoms with Crippen LogP contribution in [0, 0.1) is 6.92 Å². The van der Waals surface area contributed by atoms with Gasteiger partial charge < -0.3 is 4.90 Å². The summed E-state index contributed by atoms with van der Waals surface area (Å²) in [5.41, 5.74) is 1.19. The van der Waals surface area contributed by atoms with Crippen LogP contribution in [0.15, 0.2) is 21.7 Å². The number of nitrogens with zero attached hydrogens (tertiary/aromatic N) is 6. The Labute approximate surface area is 159 Å². The van der Waals surface area contributed by atoms with Crippen molar-refractivity contribution in [1.82, 2.24) is 24.0 Å². The van der Waals surface area contributed by atoms with Gasteiger partial charge in [0, 0.05) is 76.3 Å². The van der Waals surface area contributed by atoms with Gasteiger partial charge in [-0.15, -0.1) is 0 Å². The quantitative estimate of drug-likeness (QED) is 0.784. The van der Waals surface area contributed by atoms with Gasteiger partial charge in [-0.2, -0.15) is 0 Å². The highest BCUT2D eigenvalue weighted by Crippen LogP contribution is 2.19. The molecule has 0 amide bonds. The molecule has 1 aliphatic rings. The highest BCUT2D eigenvalue weighted by molar-refractivity contribution is 5.40. The molecule has 0 saturated carbocycles. The van der Waals surface area contributed by atoms with Crippen molar-refractivity contribution in [2.75, 3.05) is 31.1 Å². The van der Waals surface area contributed by atoms with Gasteiger partial charge in [0.1, 0.15) is 11.6 Å². The Morgan fingerprint density at radius 2 is 1.67 bits per heavy atom. The fourth-order valence-corrected chi connectivity index (χ4v) is 3.29. The molecule has 2 aromatic heterocycles. The van der Waals surface area contributed by atoms with Crippen molar-refractivity contribution in [3.05, 3.63) is 50.2 Å². The first-order valence-electron chi connectivity index (χ1n) is 9.35. The SMILES string of the molecule is Cc1cc(N2CCN(Cc3cc(=O)n(C)c(=O)n3C)CC2)nc(C(C)C)n1. The molecule has 0 atom stereocenters. The largest absolute Gasteiger partial charge is 0.354 e. The molecule has 27 heavy (non-hydrogen) atoms. The zero-order valence-corrected chi connectivity index (χ0v) is 16.8. The molecule has 0 bridgehead atoms. The van der Waals surface area contributed by atoms with Gasteiger partial charge in [0.2, 0.25) is 0 Å². The molecule has 1 aliphatic heterocycles. The minimum absolute atomic E-state index is 0.260. The number of hydrogen-bond acceptors (Lipinski definition) is 6. The van der Waals surface area contributed by atoms with Crippen LogP contribution < -0.4 is 16.1 Å². The first kappa shape index (κ1) is 19.3. The average molecular weight is 372 g/mol. The van der Waals surface area contributed by atoms with Gasteiger partial charge in [-0.05, 0) is 6.92 Å². The Balaban J connectivity index is 1.70. The summed E-state index contributed by atoms with van der Waals surface area (Å²) in [6.45, 7) is 10.2. The van der Waals surface area contributed by atoms with E-state index < -0.39 is 0 Å². The van der Waals surface area contributed by atoms with Crippen LogP contribution in [0.25, 0.3) is 0 Å². The maximum absolute atomic E-state index is 12.1. The zero-order chi connectivity index (χ0) is 19.7. The van der Waals surface area contributed by atoms with Crippen molar-refractivity contribution in [3.63, 3.8) is 0 Å². The second-order valence-corrected chi connectivity index (χ2v) is 7.52. The molecule has 8 heteroatoms. The van der Waals surface area contributed by atoms with E-state index in [1.165, 1.54) is 7.05 Å². The molecule has 3 heterocycles. The lowest BCUT2D eigenvalue weighted by Gasteiger charge is -2.35. The number of aryl methyl sites for hydroxylation is 1. The minimum Gasteiger partial charge on any atom is -0.354 e. The second-order valence-electron chi connectivity index (χ2n) is 7.52. The molecule has 0 unspecified atom stereocenters. The van der Waals surface area contributed by atoms with Crippen LogP contribution in [0.5, 0.6) is 0 Å². The van der Waals surface area contributed by atoms with E-state index in [4.69, 9.17) is 4.98 Å². The molecular formula is C19H28N6O2. The van der Waals surface area contributed by atoms with E-state index >= 15 is 0 Å². The smallest absolute Gasteiger partial charge is 0.330 e. The number of piperazine rings is 1. The lowest BCUT2D eigenvalue weighted by molar-refractivity contribution is 0.242. The summed E-state index contributed by atoms with van der Waals surface area (Å²) < 4.78 is 2.68. The minimum atomic E-state index is -0.284. The van der Waals surface area contributed by atoms with Gasteiger partial charge in [0.05, 0.1) is 0 Å². The monoisotopic (exact) mass is 372 g/mol. The van der Waals surface area contributed by atoms with Crippen molar-refractivity contribution in [2.45, 2.75) is 33.2 Å². The number of rotatable bonds is 4. The first-order valence-corrected chi connectivity index (χ1v) is 9.35. The van der Waals surface area contributed by atoms with Gasteiger partial charge in [-0.1, -0.05) is 13.8 Å². The highest BCUT2D eigenvalue weighted by atomic mass is 16.2. The summed E-state index contributed by atoms with van der Waals surface area (Å²) >= 11 is 0. The molecule has 0 radical (unpaired) electrons. The van der Waals surface area contributed by atoms with Crippen molar-refractivity contribution in [3.8, 4) is 0 Å². The Morgan fingerprint density at radius 1 is 1.00 bits per heavy atom. The lowest BCUT2D eigenvalue weighted by Crippen LogP contribution is -2.47. The van der Waals surface area contributed by atoms with Crippen molar-refractivity contribution >= 4 is 5.82 Å². The van der Waals surface area contributed by atoms with Gasteiger partial charge in [0.25, 0.3) is 5.56 Å². The third-order valence-electron chi connectivity index (χ3n) is 5.08.